The van der Waals surface area contributed by atoms with E-state index in [9.17, 15) is 4.79 Å². The molecule has 0 atom stereocenters. The van der Waals surface area contributed by atoms with Crippen molar-refractivity contribution >= 4 is 21.6 Å². The van der Waals surface area contributed by atoms with E-state index >= 15 is 0 Å². The van der Waals surface area contributed by atoms with Gasteiger partial charge < -0.3 is 4.90 Å². The average molecular weight is 326 g/mol. The Kier molecular flexibility index (Phi) is 3.71. The predicted molar refractivity (Wildman–Crippen MR) is 92.9 cm³/mol. The van der Waals surface area contributed by atoms with Gasteiger partial charge >= 0.3 is 0 Å². The molecule has 23 heavy (non-hydrogen) atoms. The Morgan fingerprint density at radius 2 is 1.91 bits per heavy atom. The molecule has 3 aromatic rings. The van der Waals surface area contributed by atoms with Gasteiger partial charge in [0.05, 0.1) is 11.4 Å². The number of nitrogens with zero attached hydrogens (tertiary/aromatic N) is 4. The molecule has 0 amide bonds. The molecule has 3 heterocycles. The maximum absolute atomic E-state index is 12.8. The molecular weight excluding hydrogens is 308 g/mol. The van der Waals surface area contributed by atoms with Crippen LogP contribution >= 0.6 is 11.3 Å². The monoisotopic (exact) mass is 326 g/mol. The highest BCUT2D eigenvalue weighted by Gasteiger charge is 2.22. The molecule has 1 fully saturated rings. The fraction of sp³-hybridized carbons (Fsp3) is 0.353. The van der Waals surface area contributed by atoms with Crippen LogP contribution in [0.4, 0.5) is 0 Å². The molecule has 2 aromatic heterocycles. The lowest BCUT2D eigenvalue weighted by atomic mass is 10.1. The summed E-state index contributed by atoms with van der Waals surface area (Å²) in [4.78, 5) is 16.9. The molecule has 0 unspecified atom stereocenters. The van der Waals surface area contributed by atoms with E-state index < -0.39 is 0 Å². The molecule has 0 bridgehead atoms. The minimum absolute atomic E-state index is 0.0111. The number of aromatic nitrogens is 3. The number of hydrogen-bond donors (Lipinski definition) is 0. The summed E-state index contributed by atoms with van der Waals surface area (Å²) < 4.78 is 1.59. The van der Waals surface area contributed by atoms with Crippen molar-refractivity contribution in [3.63, 3.8) is 0 Å². The first-order chi connectivity index (χ1) is 11.2. The maximum atomic E-state index is 12.8. The van der Waals surface area contributed by atoms with Crippen molar-refractivity contribution in [1.29, 1.82) is 0 Å². The van der Waals surface area contributed by atoms with Crippen LogP contribution < -0.4 is 5.56 Å². The molecule has 0 saturated carbocycles. The van der Waals surface area contributed by atoms with Gasteiger partial charge in [0, 0.05) is 4.88 Å². The maximum Gasteiger partial charge on any atom is 0.278 e. The molecule has 0 N–H and O–H groups in total. The van der Waals surface area contributed by atoms with Gasteiger partial charge in [0.15, 0.2) is 4.83 Å². The van der Waals surface area contributed by atoms with Gasteiger partial charge in [-0.05, 0) is 44.6 Å². The third kappa shape index (κ3) is 2.68. The zero-order valence-corrected chi connectivity index (χ0v) is 13.8. The highest BCUT2D eigenvalue weighted by atomic mass is 32.1. The number of likely N-dealkylation sites (tertiary alicyclic amines) is 1. The molecular formula is C17H18N4OS. The first kappa shape index (κ1) is 14.5. The summed E-state index contributed by atoms with van der Waals surface area (Å²) >= 11 is 1.53. The van der Waals surface area contributed by atoms with Gasteiger partial charge in [-0.15, -0.1) is 16.4 Å². The van der Waals surface area contributed by atoms with Gasteiger partial charge in [-0.3, -0.25) is 4.79 Å². The molecule has 1 aliphatic heterocycles. The third-order valence-electron chi connectivity index (χ3n) is 4.48. The number of thiophene rings is 1. The Morgan fingerprint density at radius 1 is 1.17 bits per heavy atom. The normalized spacial score (nSPS) is 16.9. The largest absolute Gasteiger partial charge is 0.306 e. The molecule has 1 aliphatic rings. The van der Waals surface area contributed by atoms with E-state index in [0.717, 1.165) is 41.2 Å². The quantitative estimate of drug-likeness (QED) is 0.727. The Balaban J connectivity index is 1.75. The first-order valence-corrected chi connectivity index (χ1v) is 8.67. The lowest BCUT2D eigenvalue weighted by Crippen LogP contribution is -2.36. The summed E-state index contributed by atoms with van der Waals surface area (Å²) in [6.07, 6.45) is 1.90. The van der Waals surface area contributed by atoms with Gasteiger partial charge in [-0.2, -0.15) is 0 Å². The van der Waals surface area contributed by atoms with E-state index in [0.29, 0.717) is 5.39 Å². The van der Waals surface area contributed by atoms with E-state index in [1.54, 1.807) is 4.68 Å². The van der Waals surface area contributed by atoms with Gasteiger partial charge in [-0.1, -0.05) is 35.5 Å². The molecule has 1 saturated heterocycles. The average Bonchev–Trinajstić information content (AvgIpc) is 3.02. The lowest BCUT2D eigenvalue weighted by Gasteiger charge is -2.28. The third-order valence-corrected chi connectivity index (χ3v) is 5.54. The van der Waals surface area contributed by atoms with Crippen LogP contribution in [0.2, 0.25) is 0 Å². The number of benzene rings is 1. The highest BCUT2D eigenvalue weighted by molar-refractivity contribution is 7.21. The summed E-state index contributed by atoms with van der Waals surface area (Å²) in [5.74, 6) is 0. The van der Waals surface area contributed by atoms with Crippen LogP contribution in [-0.2, 0) is 0 Å². The number of fused-ring (bicyclic) bond motifs is 1. The smallest absolute Gasteiger partial charge is 0.278 e. The van der Waals surface area contributed by atoms with Crippen LogP contribution in [0.15, 0.2) is 41.2 Å². The number of rotatable bonds is 2. The van der Waals surface area contributed by atoms with Crippen molar-refractivity contribution in [2.45, 2.75) is 18.9 Å². The van der Waals surface area contributed by atoms with Crippen molar-refractivity contribution in [3.8, 4) is 10.4 Å². The minimum atomic E-state index is -0.0111. The van der Waals surface area contributed by atoms with Crippen LogP contribution in [-0.4, -0.2) is 40.0 Å². The van der Waals surface area contributed by atoms with Gasteiger partial charge in [0.25, 0.3) is 5.56 Å². The number of piperidine rings is 1. The second-order valence-electron chi connectivity index (χ2n) is 6.07. The Hall–Kier alpha value is -2.05. The van der Waals surface area contributed by atoms with E-state index in [2.05, 4.69) is 22.3 Å². The van der Waals surface area contributed by atoms with Crippen LogP contribution in [0.1, 0.15) is 18.9 Å². The van der Waals surface area contributed by atoms with Crippen LogP contribution in [0, 0.1) is 0 Å². The Bertz CT molecular complexity index is 878. The minimum Gasteiger partial charge on any atom is -0.306 e. The zero-order valence-electron chi connectivity index (χ0n) is 13.0. The second kappa shape index (κ2) is 5.86. The summed E-state index contributed by atoms with van der Waals surface area (Å²) in [7, 11) is 2.11. The first-order valence-electron chi connectivity index (χ1n) is 7.85. The molecule has 118 valence electrons. The van der Waals surface area contributed by atoms with Crippen LogP contribution in [0.5, 0.6) is 0 Å². The summed E-state index contributed by atoms with van der Waals surface area (Å²) in [6.45, 7) is 1.99. The fourth-order valence-electron chi connectivity index (χ4n) is 3.08. The summed E-state index contributed by atoms with van der Waals surface area (Å²) in [5, 5.41) is 9.19. The van der Waals surface area contributed by atoms with Gasteiger partial charge in [0.1, 0.15) is 0 Å². The van der Waals surface area contributed by atoms with Crippen molar-refractivity contribution in [3.05, 3.63) is 46.8 Å². The predicted octanol–water partition coefficient (Wildman–Crippen LogP) is 2.79. The Labute approximate surface area is 138 Å². The summed E-state index contributed by atoms with van der Waals surface area (Å²) in [5.41, 5.74) is 1.10. The molecule has 4 rings (SSSR count). The summed E-state index contributed by atoms with van der Waals surface area (Å²) in [6, 6.07) is 12.2. The lowest BCUT2D eigenvalue weighted by molar-refractivity contribution is 0.206. The topological polar surface area (TPSA) is 51.0 Å². The Morgan fingerprint density at radius 3 is 2.65 bits per heavy atom. The molecule has 0 aliphatic carbocycles. The van der Waals surface area contributed by atoms with Gasteiger partial charge in [0.2, 0.25) is 0 Å². The highest BCUT2D eigenvalue weighted by Crippen LogP contribution is 2.30. The zero-order chi connectivity index (χ0) is 15.8. The van der Waals surface area contributed by atoms with E-state index in [1.165, 1.54) is 11.3 Å². The van der Waals surface area contributed by atoms with E-state index in [4.69, 9.17) is 0 Å². The second-order valence-corrected chi connectivity index (χ2v) is 7.10. The molecule has 0 radical (unpaired) electrons. The van der Waals surface area contributed by atoms with Crippen molar-refractivity contribution < 1.29 is 0 Å². The molecule has 0 spiro atoms. The number of hydrogen-bond acceptors (Lipinski definition) is 5. The fourth-order valence-corrected chi connectivity index (χ4v) is 4.06. The van der Waals surface area contributed by atoms with Crippen molar-refractivity contribution in [2.24, 2.45) is 0 Å². The molecule has 6 heteroatoms. The van der Waals surface area contributed by atoms with E-state index in [-0.39, 0.29) is 11.6 Å². The molecule has 1 aromatic carbocycles. The van der Waals surface area contributed by atoms with Crippen molar-refractivity contribution in [2.75, 3.05) is 20.1 Å². The standard InChI is InChI=1S/C17H18N4OS/c1-20-9-7-13(8-10-20)21-17(22)14-11-15(23-16(14)18-19-21)12-5-3-2-4-6-12/h2-6,11,13H,7-10H2,1H3. The SMILES string of the molecule is CN1CCC(n2nnc3sc(-c4ccccc4)cc3c2=O)CC1. The van der Waals surface area contributed by atoms with Crippen LogP contribution in [0.3, 0.4) is 0 Å². The van der Waals surface area contributed by atoms with E-state index in [1.807, 2.05) is 36.4 Å². The van der Waals surface area contributed by atoms with Crippen LogP contribution in [0.25, 0.3) is 20.7 Å². The van der Waals surface area contributed by atoms with Crippen molar-refractivity contribution in [1.82, 2.24) is 19.9 Å². The van der Waals surface area contributed by atoms with Gasteiger partial charge in [-0.25, -0.2) is 4.68 Å². The molecule has 5 nitrogen and oxygen atoms in total.